The second-order valence-corrected chi connectivity index (χ2v) is 4.43. The monoisotopic (exact) mass is 250 g/mol. The molecule has 0 amide bonds. The van der Waals surface area contributed by atoms with Crippen LogP contribution in [0.1, 0.15) is 30.0 Å². The van der Waals surface area contributed by atoms with Gasteiger partial charge in [0.2, 0.25) is 0 Å². The molecule has 2 rings (SSSR count). The Morgan fingerprint density at radius 3 is 2.53 bits per heavy atom. The van der Waals surface area contributed by atoms with Crippen molar-refractivity contribution >= 4 is 29.1 Å². The Labute approximate surface area is 109 Å². The van der Waals surface area contributed by atoms with Gasteiger partial charge in [-0.3, -0.25) is 0 Å². The van der Waals surface area contributed by atoms with Crippen molar-refractivity contribution in [2.45, 2.75) is 33.6 Å². The summed E-state index contributed by atoms with van der Waals surface area (Å²) in [5.74, 6) is 0.680. The minimum absolute atomic E-state index is 0. The van der Waals surface area contributed by atoms with Gasteiger partial charge in [-0.05, 0) is 49.1 Å². The first kappa shape index (κ1) is 13.8. The lowest BCUT2D eigenvalue weighted by Gasteiger charge is -2.09. The van der Waals surface area contributed by atoms with Crippen LogP contribution in [0.4, 0.5) is 5.82 Å². The maximum absolute atomic E-state index is 5.96. The van der Waals surface area contributed by atoms with Crippen molar-refractivity contribution in [3.05, 3.63) is 34.9 Å². The summed E-state index contributed by atoms with van der Waals surface area (Å²) in [7, 11) is 0. The molecule has 0 aliphatic heterocycles. The summed E-state index contributed by atoms with van der Waals surface area (Å²) in [5.41, 5.74) is 10.7. The fraction of sp³-hybridized carbons (Fsp3) is 0.357. The summed E-state index contributed by atoms with van der Waals surface area (Å²) in [4.78, 5) is 4.49. The van der Waals surface area contributed by atoms with Gasteiger partial charge in [0.1, 0.15) is 5.82 Å². The fourth-order valence-electron chi connectivity index (χ4n) is 2.16. The summed E-state index contributed by atoms with van der Waals surface area (Å²) in [5, 5.41) is 1.23. The lowest BCUT2D eigenvalue weighted by molar-refractivity contribution is 0.921. The number of anilines is 1. The molecule has 0 spiro atoms. The molecule has 0 fully saturated rings. The van der Waals surface area contributed by atoms with E-state index in [0.29, 0.717) is 5.82 Å². The van der Waals surface area contributed by atoms with E-state index in [2.05, 4.69) is 44.0 Å². The molecule has 2 N–H and O–H groups in total. The summed E-state index contributed by atoms with van der Waals surface area (Å²) >= 11 is 0. The number of hydrogen-bond acceptors (Lipinski definition) is 2. The summed E-state index contributed by atoms with van der Waals surface area (Å²) in [6, 6.07) is 6.47. The molecular formula is C14H19ClN2. The molecule has 2 nitrogen and oxygen atoms in total. The Balaban J connectivity index is 0.00000144. The Morgan fingerprint density at radius 1 is 1.18 bits per heavy atom. The van der Waals surface area contributed by atoms with E-state index in [1.807, 2.05) is 0 Å². The predicted molar refractivity (Wildman–Crippen MR) is 76.9 cm³/mol. The average Bonchev–Trinajstić information content (AvgIpc) is 2.20. The van der Waals surface area contributed by atoms with Gasteiger partial charge in [-0.15, -0.1) is 12.4 Å². The van der Waals surface area contributed by atoms with Gasteiger partial charge in [-0.2, -0.15) is 0 Å². The predicted octanol–water partition coefficient (Wildman–Crippen LogP) is 3.81. The van der Waals surface area contributed by atoms with Crippen molar-refractivity contribution < 1.29 is 0 Å². The Morgan fingerprint density at radius 2 is 1.88 bits per heavy atom. The second-order valence-electron chi connectivity index (χ2n) is 4.43. The number of halogens is 1. The third-order valence-corrected chi connectivity index (χ3v) is 2.92. The highest BCUT2D eigenvalue weighted by Gasteiger charge is 2.05. The Bertz CT molecular complexity index is 535. The number of nitrogens with zero attached hydrogens (tertiary/aromatic N) is 1. The van der Waals surface area contributed by atoms with Gasteiger partial charge in [-0.1, -0.05) is 19.4 Å². The quantitative estimate of drug-likeness (QED) is 0.880. The second kappa shape index (κ2) is 5.37. The number of hydrogen-bond donors (Lipinski definition) is 1. The van der Waals surface area contributed by atoms with E-state index in [-0.39, 0.29) is 12.4 Å². The van der Waals surface area contributed by atoms with Crippen molar-refractivity contribution in [2.75, 3.05) is 5.73 Å². The highest BCUT2D eigenvalue weighted by molar-refractivity contribution is 5.85. The lowest BCUT2D eigenvalue weighted by Crippen LogP contribution is -1.99. The van der Waals surface area contributed by atoms with Crippen LogP contribution in [0.15, 0.2) is 18.2 Å². The maximum Gasteiger partial charge on any atom is 0.127 e. The van der Waals surface area contributed by atoms with Gasteiger partial charge in [-0.25, -0.2) is 4.98 Å². The van der Waals surface area contributed by atoms with Crippen molar-refractivity contribution in [3.63, 3.8) is 0 Å². The van der Waals surface area contributed by atoms with E-state index in [0.717, 1.165) is 18.4 Å². The molecule has 0 saturated carbocycles. The van der Waals surface area contributed by atoms with Gasteiger partial charge < -0.3 is 5.73 Å². The molecule has 1 heterocycles. The first-order valence-electron chi connectivity index (χ1n) is 5.78. The third kappa shape index (κ3) is 2.70. The fourth-order valence-corrected chi connectivity index (χ4v) is 2.16. The average molecular weight is 251 g/mol. The normalized spacial score (nSPS) is 10.3. The SMILES string of the molecule is CCCc1cc2c(C)cc(C)cc2nc1N.Cl. The molecule has 92 valence electrons. The molecule has 0 radical (unpaired) electrons. The van der Waals surface area contributed by atoms with Crippen LogP contribution >= 0.6 is 12.4 Å². The largest absolute Gasteiger partial charge is 0.383 e. The van der Waals surface area contributed by atoms with E-state index < -0.39 is 0 Å². The molecular weight excluding hydrogens is 232 g/mol. The number of fused-ring (bicyclic) bond motifs is 1. The summed E-state index contributed by atoms with van der Waals surface area (Å²) in [6.45, 7) is 6.37. The number of nitrogen functional groups attached to an aromatic ring is 1. The van der Waals surface area contributed by atoms with Crippen LogP contribution < -0.4 is 5.73 Å². The number of nitrogens with two attached hydrogens (primary N) is 1. The van der Waals surface area contributed by atoms with Gasteiger partial charge in [0.05, 0.1) is 5.52 Å². The summed E-state index contributed by atoms with van der Waals surface area (Å²) < 4.78 is 0. The third-order valence-electron chi connectivity index (χ3n) is 2.92. The van der Waals surface area contributed by atoms with Gasteiger partial charge in [0, 0.05) is 5.39 Å². The molecule has 0 aliphatic rings. The van der Waals surface area contributed by atoms with Crippen LogP contribution in [-0.2, 0) is 6.42 Å². The highest BCUT2D eigenvalue weighted by Crippen LogP contribution is 2.23. The molecule has 0 saturated heterocycles. The minimum Gasteiger partial charge on any atom is -0.383 e. The topological polar surface area (TPSA) is 38.9 Å². The van der Waals surface area contributed by atoms with Gasteiger partial charge in [0.15, 0.2) is 0 Å². The number of rotatable bonds is 2. The number of pyridine rings is 1. The number of benzene rings is 1. The van der Waals surface area contributed by atoms with E-state index in [1.54, 1.807) is 0 Å². The van der Waals surface area contributed by atoms with Crippen LogP contribution in [0, 0.1) is 13.8 Å². The van der Waals surface area contributed by atoms with Crippen LogP contribution in [0.25, 0.3) is 10.9 Å². The van der Waals surface area contributed by atoms with Gasteiger partial charge in [0.25, 0.3) is 0 Å². The molecule has 0 unspecified atom stereocenters. The Kier molecular flexibility index (Phi) is 4.35. The van der Waals surface area contributed by atoms with E-state index in [1.165, 1.54) is 22.1 Å². The van der Waals surface area contributed by atoms with E-state index in [4.69, 9.17) is 5.73 Å². The molecule has 3 heteroatoms. The number of aromatic nitrogens is 1. The van der Waals surface area contributed by atoms with Crippen LogP contribution in [-0.4, -0.2) is 4.98 Å². The first-order chi connectivity index (χ1) is 7.61. The lowest BCUT2D eigenvalue weighted by atomic mass is 10.0. The maximum atomic E-state index is 5.96. The molecule has 1 aromatic carbocycles. The Hall–Kier alpha value is -1.28. The van der Waals surface area contributed by atoms with Crippen LogP contribution in [0.3, 0.4) is 0 Å². The molecule has 2 aromatic rings. The van der Waals surface area contributed by atoms with Crippen molar-refractivity contribution in [2.24, 2.45) is 0 Å². The molecule has 0 bridgehead atoms. The zero-order chi connectivity index (χ0) is 11.7. The minimum atomic E-state index is 0. The zero-order valence-electron chi connectivity index (χ0n) is 10.6. The summed E-state index contributed by atoms with van der Waals surface area (Å²) in [6.07, 6.45) is 2.10. The van der Waals surface area contributed by atoms with E-state index >= 15 is 0 Å². The van der Waals surface area contributed by atoms with E-state index in [9.17, 15) is 0 Å². The van der Waals surface area contributed by atoms with Crippen molar-refractivity contribution in [3.8, 4) is 0 Å². The zero-order valence-corrected chi connectivity index (χ0v) is 11.4. The van der Waals surface area contributed by atoms with Crippen molar-refractivity contribution in [1.82, 2.24) is 4.98 Å². The molecule has 17 heavy (non-hydrogen) atoms. The van der Waals surface area contributed by atoms with Crippen LogP contribution in [0.5, 0.6) is 0 Å². The molecule has 0 aliphatic carbocycles. The van der Waals surface area contributed by atoms with Gasteiger partial charge >= 0.3 is 0 Å². The molecule has 0 atom stereocenters. The standard InChI is InChI=1S/C14H18N2.ClH/c1-4-5-11-8-12-10(3)6-9(2)7-13(12)16-14(11)15;/h6-8H,4-5H2,1-3H3,(H2,15,16);1H. The van der Waals surface area contributed by atoms with Crippen molar-refractivity contribution in [1.29, 1.82) is 0 Å². The highest BCUT2D eigenvalue weighted by atomic mass is 35.5. The smallest absolute Gasteiger partial charge is 0.127 e. The van der Waals surface area contributed by atoms with Crippen LogP contribution in [0.2, 0.25) is 0 Å². The number of aryl methyl sites for hydroxylation is 3. The molecule has 1 aromatic heterocycles. The first-order valence-corrected chi connectivity index (χ1v) is 5.78.